The van der Waals surface area contributed by atoms with Crippen molar-refractivity contribution in [3.05, 3.63) is 46.8 Å². The van der Waals surface area contributed by atoms with Gasteiger partial charge in [-0.15, -0.1) is 0 Å². The quantitative estimate of drug-likeness (QED) is 0.873. The highest BCUT2D eigenvalue weighted by Crippen LogP contribution is 2.41. The molecule has 6 nitrogen and oxygen atoms in total. The number of dihydropyridines is 1. The first-order valence-electron chi connectivity index (χ1n) is 8.36. The Morgan fingerprint density at radius 3 is 3.16 bits per heavy atom. The third-order valence-electron chi connectivity index (χ3n) is 4.48. The van der Waals surface area contributed by atoms with E-state index in [0.717, 1.165) is 28.5 Å². The highest BCUT2D eigenvalue weighted by Gasteiger charge is 2.25. The molecule has 0 saturated carbocycles. The number of thioether (sulfide) groups is 1. The van der Waals surface area contributed by atoms with Gasteiger partial charge < -0.3 is 10.6 Å². The van der Waals surface area contributed by atoms with Crippen LogP contribution in [-0.4, -0.2) is 35.2 Å². The zero-order chi connectivity index (χ0) is 17.2. The van der Waals surface area contributed by atoms with Crippen LogP contribution in [0.2, 0.25) is 0 Å². The van der Waals surface area contributed by atoms with E-state index in [4.69, 9.17) is 0 Å². The number of hydrogen-bond acceptors (Lipinski definition) is 6. The van der Waals surface area contributed by atoms with E-state index in [0.29, 0.717) is 13.1 Å². The fourth-order valence-electron chi connectivity index (χ4n) is 3.08. The predicted molar refractivity (Wildman–Crippen MR) is 99.4 cm³/mol. The molecule has 2 unspecified atom stereocenters. The normalized spacial score (nSPS) is 24.1. The van der Waals surface area contributed by atoms with Gasteiger partial charge in [0, 0.05) is 59.7 Å². The van der Waals surface area contributed by atoms with Crippen LogP contribution in [-0.2, 0) is 4.79 Å². The van der Waals surface area contributed by atoms with Crippen LogP contribution in [0.5, 0.6) is 0 Å². The average Bonchev–Trinajstić information content (AvgIpc) is 2.64. The van der Waals surface area contributed by atoms with Gasteiger partial charge in [0.15, 0.2) is 5.82 Å². The van der Waals surface area contributed by atoms with Gasteiger partial charge in [-0.05, 0) is 12.5 Å². The Hall–Kier alpha value is -2.41. The third kappa shape index (κ3) is 3.37. The summed E-state index contributed by atoms with van der Waals surface area (Å²) in [6.07, 6.45) is 12.1. The molecule has 1 aromatic heterocycles. The summed E-state index contributed by atoms with van der Waals surface area (Å²) in [5.41, 5.74) is 1.96. The Kier molecular flexibility index (Phi) is 4.40. The van der Waals surface area contributed by atoms with E-state index in [1.54, 1.807) is 30.4 Å². The van der Waals surface area contributed by atoms with Crippen molar-refractivity contribution in [3.63, 3.8) is 0 Å². The minimum atomic E-state index is 0.00835. The van der Waals surface area contributed by atoms with Crippen LogP contribution in [0.4, 0.5) is 5.82 Å². The lowest BCUT2D eigenvalue weighted by Gasteiger charge is -2.27. The molecule has 2 atom stereocenters. The number of hydrogen-bond donors (Lipinski definition) is 2. The Morgan fingerprint density at radius 1 is 1.40 bits per heavy atom. The Labute approximate surface area is 150 Å². The van der Waals surface area contributed by atoms with E-state index in [2.05, 4.69) is 37.7 Å². The van der Waals surface area contributed by atoms with Crippen molar-refractivity contribution in [1.29, 1.82) is 0 Å². The smallest absolute Gasteiger partial charge is 0.247 e. The molecule has 25 heavy (non-hydrogen) atoms. The molecular formula is C18H19N5OS. The molecule has 1 aliphatic carbocycles. The van der Waals surface area contributed by atoms with Crippen molar-refractivity contribution in [2.75, 3.05) is 18.4 Å². The summed E-state index contributed by atoms with van der Waals surface area (Å²) in [5.74, 6) is 1.26. The van der Waals surface area contributed by atoms with Gasteiger partial charge in [0.05, 0.1) is 0 Å². The highest BCUT2D eigenvalue weighted by atomic mass is 32.2. The van der Waals surface area contributed by atoms with Crippen LogP contribution in [0.15, 0.2) is 56.8 Å². The summed E-state index contributed by atoms with van der Waals surface area (Å²) in [4.78, 5) is 26.4. The van der Waals surface area contributed by atoms with Crippen molar-refractivity contribution >= 4 is 29.7 Å². The molecule has 128 valence electrons. The minimum absolute atomic E-state index is 0.00835. The second-order valence-electron chi connectivity index (χ2n) is 6.35. The SMILES string of the molecule is CC1CN=CC=C1C(=O)NCC1C=CC2=C(C1)Nc1nccnc1S2. The Morgan fingerprint density at radius 2 is 2.28 bits per heavy atom. The van der Waals surface area contributed by atoms with Gasteiger partial charge in [0.1, 0.15) is 5.03 Å². The van der Waals surface area contributed by atoms with E-state index in [9.17, 15) is 4.79 Å². The average molecular weight is 353 g/mol. The fraction of sp³-hybridized carbons (Fsp3) is 0.333. The second kappa shape index (κ2) is 6.84. The Balaban J connectivity index is 1.37. The number of nitrogens with one attached hydrogen (secondary N) is 2. The number of carbonyl (C=O) groups excluding carboxylic acids is 1. The maximum absolute atomic E-state index is 12.4. The number of aliphatic imine (C=N–C) groups is 1. The van der Waals surface area contributed by atoms with Crippen LogP contribution >= 0.6 is 11.8 Å². The highest BCUT2D eigenvalue weighted by molar-refractivity contribution is 8.03. The van der Waals surface area contributed by atoms with Crippen molar-refractivity contribution < 1.29 is 4.79 Å². The number of nitrogens with zero attached hydrogens (tertiary/aromatic N) is 3. The van der Waals surface area contributed by atoms with Crippen LogP contribution in [0.3, 0.4) is 0 Å². The number of rotatable bonds is 3. The van der Waals surface area contributed by atoms with Gasteiger partial charge >= 0.3 is 0 Å². The topological polar surface area (TPSA) is 79.3 Å². The number of anilines is 1. The van der Waals surface area contributed by atoms with Gasteiger partial charge in [-0.25, -0.2) is 9.97 Å². The second-order valence-corrected chi connectivity index (χ2v) is 7.38. The fourth-order valence-corrected chi connectivity index (χ4v) is 4.00. The molecule has 4 rings (SSSR count). The van der Waals surface area contributed by atoms with E-state index >= 15 is 0 Å². The number of amides is 1. The molecule has 0 spiro atoms. The molecule has 0 saturated heterocycles. The molecular weight excluding hydrogens is 334 g/mol. The number of fused-ring (bicyclic) bond motifs is 1. The van der Waals surface area contributed by atoms with Crippen molar-refractivity contribution in [1.82, 2.24) is 15.3 Å². The summed E-state index contributed by atoms with van der Waals surface area (Å²) in [6.45, 7) is 3.33. The number of allylic oxidation sites excluding steroid dienone is 3. The molecule has 3 heterocycles. The van der Waals surface area contributed by atoms with E-state index in [1.807, 2.05) is 13.0 Å². The predicted octanol–water partition coefficient (Wildman–Crippen LogP) is 2.54. The molecule has 3 aliphatic rings. The van der Waals surface area contributed by atoms with Crippen molar-refractivity contribution in [2.45, 2.75) is 18.4 Å². The molecule has 2 aliphatic heterocycles. The first kappa shape index (κ1) is 16.1. The molecule has 0 aromatic carbocycles. The standard InChI is InChI=1S/C18H19N5OS/c1-11-9-19-5-4-13(11)17(24)22-10-12-2-3-15-14(8-12)23-16-18(25-15)21-7-6-20-16/h2-7,11-12H,8-10H2,1H3,(H,20,23)(H,22,24). The first-order chi connectivity index (χ1) is 12.2. The van der Waals surface area contributed by atoms with Gasteiger partial charge in [0.2, 0.25) is 5.91 Å². The van der Waals surface area contributed by atoms with E-state index < -0.39 is 0 Å². The zero-order valence-corrected chi connectivity index (χ0v) is 14.7. The molecule has 0 radical (unpaired) electrons. The van der Waals surface area contributed by atoms with Crippen LogP contribution in [0, 0.1) is 11.8 Å². The summed E-state index contributed by atoms with van der Waals surface area (Å²) in [6, 6.07) is 0. The molecule has 0 fully saturated rings. The zero-order valence-electron chi connectivity index (χ0n) is 13.9. The largest absolute Gasteiger partial charge is 0.352 e. The maximum atomic E-state index is 12.4. The van der Waals surface area contributed by atoms with Crippen molar-refractivity contribution in [2.24, 2.45) is 16.8 Å². The molecule has 0 bridgehead atoms. The molecule has 1 amide bonds. The Bertz CT molecular complexity index is 827. The monoisotopic (exact) mass is 353 g/mol. The lowest BCUT2D eigenvalue weighted by atomic mass is 9.96. The van der Waals surface area contributed by atoms with Gasteiger partial charge in [-0.2, -0.15) is 0 Å². The van der Waals surface area contributed by atoms with Crippen LogP contribution in [0.25, 0.3) is 0 Å². The number of aromatic nitrogens is 2. The van der Waals surface area contributed by atoms with Gasteiger partial charge in [-0.3, -0.25) is 9.79 Å². The lowest BCUT2D eigenvalue weighted by Crippen LogP contribution is -2.33. The molecule has 1 aromatic rings. The minimum Gasteiger partial charge on any atom is -0.352 e. The summed E-state index contributed by atoms with van der Waals surface area (Å²) in [7, 11) is 0. The summed E-state index contributed by atoms with van der Waals surface area (Å²) in [5, 5.41) is 7.34. The van der Waals surface area contributed by atoms with Gasteiger partial charge in [0.25, 0.3) is 0 Å². The maximum Gasteiger partial charge on any atom is 0.247 e. The van der Waals surface area contributed by atoms with Crippen LogP contribution < -0.4 is 10.6 Å². The van der Waals surface area contributed by atoms with Crippen molar-refractivity contribution in [3.8, 4) is 0 Å². The number of carbonyl (C=O) groups is 1. The molecule has 2 N–H and O–H groups in total. The van der Waals surface area contributed by atoms with E-state index in [1.165, 1.54) is 4.91 Å². The summed E-state index contributed by atoms with van der Waals surface area (Å²) < 4.78 is 0. The summed E-state index contributed by atoms with van der Waals surface area (Å²) >= 11 is 1.64. The van der Waals surface area contributed by atoms with Crippen LogP contribution in [0.1, 0.15) is 13.3 Å². The third-order valence-corrected chi connectivity index (χ3v) is 5.58. The lowest BCUT2D eigenvalue weighted by molar-refractivity contribution is -0.118. The van der Waals surface area contributed by atoms with E-state index in [-0.39, 0.29) is 17.7 Å². The first-order valence-corrected chi connectivity index (χ1v) is 9.18. The molecule has 7 heteroatoms. The van der Waals surface area contributed by atoms with Gasteiger partial charge in [-0.1, -0.05) is 30.8 Å².